The van der Waals surface area contributed by atoms with Crippen LogP contribution in [-0.4, -0.2) is 4.57 Å². The summed E-state index contributed by atoms with van der Waals surface area (Å²) in [7, 11) is 1.31. The molecule has 5 nitrogen and oxygen atoms in total. The Morgan fingerprint density at radius 3 is 2.60 bits per heavy atom. The number of hydrogen-bond acceptors (Lipinski definition) is 4. The second kappa shape index (κ2) is 5.65. The number of nitrogens with one attached hydrogen (secondary N) is 2. The van der Waals surface area contributed by atoms with Crippen molar-refractivity contribution in [1.29, 1.82) is 5.53 Å². The molecule has 0 bridgehead atoms. The fourth-order valence-corrected chi connectivity index (χ4v) is 2.09. The highest BCUT2D eigenvalue weighted by Gasteiger charge is 2.14. The van der Waals surface area contributed by atoms with Crippen molar-refractivity contribution in [2.45, 2.75) is 0 Å². The largest absolute Gasteiger partial charge is 0.337 e. The predicted octanol–water partition coefficient (Wildman–Crippen LogP) is 3.67. The number of halogens is 3. The summed E-state index contributed by atoms with van der Waals surface area (Å²) in [5.74, 6) is -1.50. The number of aromatic nitrogens is 1. The van der Waals surface area contributed by atoms with E-state index in [4.69, 9.17) is 5.53 Å². The molecule has 2 N–H and O–H groups in total. The van der Waals surface area contributed by atoms with E-state index in [1.807, 2.05) is 22.6 Å². The van der Waals surface area contributed by atoms with E-state index in [0.29, 0.717) is 3.57 Å². The van der Waals surface area contributed by atoms with Crippen LogP contribution in [0, 0.1) is 20.7 Å². The van der Waals surface area contributed by atoms with Crippen LogP contribution in [-0.2, 0) is 7.05 Å². The lowest BCUT2D eigenvalue weighted by Crippen LogP contribution is -2.22. The first-order chi connectivity index (χ1) is 9.43. The van der Waals surface area contributed by atoms with Gasteiger partial charge in [0.2, 0.25) is 0 Å². The van der Waals surface area contributed by atoms with Crippen molar-refractivity contribution in [2.24, 2.45) is 12.2 Å². The summed E-state index contributed by atoms with van der Waals surface area (Å²) in [4.78, 5) is 11.5. The molecule has 1 aromatic heterocycles. The molecule has 0 saturated heterocycles. The van der Waals surface area contributed by atoms with Crippen LogP contribution in [0.3, 0.4) is 0 Å². The molecule has 104 valence electrons. The van der Waals surface area contributed by atoms with Crippen molar-refractivity contribution in [3.05, 3.63) is 49.8 Å². The first-order valence-corrected chi connectivity index (χ1v) is 6.51. The summed E-state index contributed by atoms with van der Waals surface area (Å²) in [5, 5.41) is 5.80. The Balaban J connectivity index is 2.56. The monoisotopic (exact) mass is 390 g/mol. The molecule has 8 heteroatoms. The molecule has 0 fully saturated rings. The predicted molar refractivity (Wildman–Crippen MR) is 78.8 cm³/mol. The van der Waals surface area contributed by atoms with Crippen LogP contribution in [0.2, 0.25) is 0 Å². The molecule has 0 radical (unpaired) electrons. The summed E-state index contributed by atoms with van der Waals surface area (Å²) in [6, 6.07) is 5.30. The maximum atomic E-state index is 13.8. The van der Waals surface area contributed by atoms with Gasteiger partial charge in [-0.3, -0.25) is 9.36 Å². The summed E-state index contributed by atoms with van der Waals surface area (Å²) in [6.45, 7) is 0. The van der Waals surface area contributed by atoms with Gasteiger partial charge in [-0.05, 0) is 40.8 Å². The first-order valence-electron chi connectivity index (χ1n) is 5.43. The van der Waals surface area contributed by atoms with Gasteiger partial charge >= 0.3 is 0 Å². The molecule has 0 saturated carbocycles. The third-order valence-corrected chi connectivity index (χ3v) is 3.33. The molecule has 0 unspecified atom stereocenters. The maximum absolute atomic E-state index is 13.8. The van der Waals surface area contributed by atoms with E-state index in [1.165, 1.54) is 19.2 Å². The number of hydrogen-bond donors (Lipinski definition) is 2. The molecule has 1 heterocycles. The van der Waals surface area contributed by atoms with Gasteiger partial charge in [-0.2, -0.15) is 5.11 Å². The van der Waals surface area contributed by atoms with Gasteiger partial charge < -0.3 is 5.32 Å². The van der Waals surface area contributed by atoms with E-state index >= 15 is 0 Å². The highest BCUT2D eigenvalue weighted by atomic mass is 127. The molecule has 2 aromatic rings. The van der Waals surface area contributed by atoms with Gasteiger partial charge in [-0.25, -0.2) is 14.3 Å². The smallest absolute Gasteiger partial charge is 0.287 e. The van der Waals surface area contributed by atoms with Crippen LogP contribution in [0.1, 0.15) is 0 Å². The average Bonchev–Trinajstić information content (AvgIpc) is 2.41. The molecule has 0 amide bonds. The van der Waals surface area contributed by atoms with Crippen molar-refractivity contribution < 1.29 is 8.78 Å². The molecule has 20 heavy (non-hydrogen) atoms. The summed E-state index contributed by atoms with van der Waals surface area (Å²) in [6.07, 6.45) is 0. The minimum Gasteiger partial charge on any atom is -0.337 e. The van der Waals surface area contributed by atoms with Crippen LogP contribution in [0.5, 0.6) is 0 Å². The lowest BCUT2D eigenvalue weighted by molar-refractivity contribution is 0.592. The second-order valence-electron chi connectivity index (χ2n) is 3.95. The highest BCUT2D eigenvalue weighted by Crippen LogP contribution is 2.28. The van der Waals surface area contributed by atoms with Crippen molar-refractivity contribution in [3.63, 3.8) is 0 Å². The SMILES string of the molecule is Cn1c(Nc2ccc(I)cc2F)c(N=N)cc(F)c1=O. The van der Waals surface area contributed by atoms with Crippen LogP contribution in [0.15, 0.2) is 34.2 Å². The van der Waals surface area contributed by atoms with Gasteiger partial charge in [0, 0.05) is 16.7 Å². The van der Waals surface area contributed by atoms with E-state index in [0.717, 1.165) is 10.6 Å². The van der Waals surface area contributed by atoms with Crippen molar-refractivity contribution in [3.8, 4) is 0 Å². The number of benzene rings is 1. The fourth-order valence-electron chi connectivity index (χ4n) is 1.64. The molecule has 0 aliphatic carbocycles. The quantitative estimate of drug-likeness (QED) is 0.620. The van der Waals surface area contributed by atoms with E-state index < -0.39 is 17.2 Å². The average molecular weight is 390 g/mol. The number of rotatable bonds is 3. The van der Waals surface area contributed by atoms with E-state index in [1.54, 1.807) is 6.07 Å². The summed E-state index contributed by atoms with van der Waals surface area (Å²) < 4.78 is 28.7. The van der Waals surface area contributed by atoms with Crippen molar-refractivity contribution >= 4 is 39.8 Å². The van der Waals surface area contributed by atoms with E-state index in [-0.39, 0.29) is 17.2 Å². The summed E-state index contributed by atoms with van der Waals surface area (Å²) in [5.41, 5.74) is 6.14. The summed E-state index contributed by atoms with van der Waals surface area (Å²) >= 11 is 1.96. The van der Waals surface area contributed by atoms with Gasteiger partial charge in [0.25, 0.3) is 5.56 Å². The molecule has 0 aliphatic heterocycles. The van der Waals surface area contributed by atoms with Crippen LogP contribution in [0.4, 0.5) is 26.0 Å². The third kappa shape index (κ3) is 2.69. The lowest BCUT2D eigenvalue weighted by atomic mass is 10.3. The zero-order valence-corrected chi connectivity index (χ0v) is 12.4. The molecule has 0 aliphatic rings. The zero-order valence-electron chi connectivity index (χ0n) is 10.2. The number of anilines is 2. The van der Waals surface area contributed by atoms with Gasteiger partial charge in [0.05, 0.1) is 5.69 Å². The zero-order chi connectivity index (χ0) is 14.9. The molecule has 0 spiro atoms. The topological polar surface area (TPSA) is 70.2 Å². The second-order valence-corrected chi connectivity index (χ2v) is 5.20. The fraction of sp³-hybridized carbons (Fsp3) is 0.0833. The molecule has 0 atom stereocenters. The van der Waals surface area contributed by atoms with Gasteiger partial charge in [0.1, 0.15) is 17.3 Å². The minimum atomic E-state index is -1.02. The standard InChI is InChI=1S/C12H9F2IN4O/c1-19-11(10(18-16)5-8(14)12(19)20)17-9-3-2-6(15)4-7(9)13/h2-5,16-17H,1H3. The van der Waals surface area contributed by atoms with Gasteiger partial charge in [-0.1, -0.05) is 0 Å². The molecule has 2 rings (SSSR count). The number of pyridine rings is 1. The molecular weight excluding hydrogens is 381 g/mol. The van der Waals surface area contributed by atoms with Crippen LogP contribution < -0.4 is 10.9 Å². The van der Waals surface area contributed by atoms with E-state index in [2.05, 4.69) is 10.4 Å². The Bertz CT molecular complexity index is 745. The van der Waals surface area contributed by atoms with Gasteiger partial charge in [-0.15, -0.1) is 0 Å². The number of nitrogens with zero attached hydrogens (tertiary/aromatic N) is 2. The Hall–Kier alpha value is -1.84. The highest BCUT2D eigenvalue weighted by molar-refractivity contribution is 14.1. The third-order valence-electron chi connectivity index (χ3n) is 2.66. The van der Waals surface area contributed by atoms with Crippen molar-refractivity contribution in [1.82, 2.24) is 4.57 Å². The van der Waals surface area contributed by atoms with Crippen LogP contribution in [0.25, 0.3) is 0 Å². The van der Waals surface area contributed by atoms with Crippen LogP contribution >= 0.6 is 22.6 Å². The Morgan fingerprint density at radius 1 is 1.30 bits per heavy atom. The Labute approximate surface area is 126 Å². The maximum Gasteiger partial charge on any atom is 0.287 e. The Morgan fingerprint density at radius 2 is 2.00 bits per heavy atom. The Kier molecular flexibility index (Phi) is 4.12. The molecular formula is C12H9F2IN4O. The lowest BCUT2D eigenvalue weighted by Gasteiger charge is -2.13. The molecule has 1 aromatic carbocycles. The first kappa shape index (κ1) is 14.6. The minimum absolute atomic E-state index is 0.0477. The van der Waals surface area contributed by atoms with Gasteiger partial charge in [0.15, 0.2) is 5.82 Å². The van der Waals surface area contributed by atoms with E-state index in [9.17, 15) is 13.6 Å². The normalized spacial score (nSPS) is 10.4. The van der Waals surface area contributed by atoms with Crippen molar-refractivity contribution in [2.75, 3.05) is 5.32 Å².